The molecule has 158 valence electrons. The van der Waals surface area contributed by atoms with Crippen LogP contribution in [-0.2, 0) is 0 Å². The van der Waals surface area contributed by atoms with Crippen LogP contribution in [0.2, 0.25) is 15.1 Å². The highest BCUT2D eigenvalue weighted by Crippen LogP contribution is 2.24. The van der Waals surface area contributed by atoms with Crippen molar-refractivity contribution in [1.82, 2.24) is 15.0 Å². The van der Waals surface area contributed by atoms with Crippen molar-refractivity contribution in [2.24, 2.45) is 0 Å². The summed E-state index contributed by atoms with van der Waals surface area (Å²) >= 11 is 18.2. The van der Waals surface area contributed by atoms with Crippen molar-refractivity contribution in [2.75, 3.05) is 16.0 Å². The summed E-state index contributed by atoms with van der Waals surface area (Å²) in [6.07, 6.45) is 0. The molecule has 6 nitrogen and oxygen atoms in total. The summed E-state index contributed by atoms with van der Waals surface area (Å²) in [4.78, 5) is 13.3. The van der Waals surface area contributed by atoms with Crippen molar-refractivity contribution in [3.8, 4) is 0 Å². The molecule has 0 aliphatic heterocycles. The zero-order chi connectivity index (χ0) is 20.9. The second kappa shape index (κ2) is 10.5. The van der Waals surface area contributed by atoms with Crippen molar-refractivity contribution in [3.63, 3.8) is 0 Å². The molecular formula is C21H16Cl4N6. The van der Waals surface area contributed by atoms with Gasteiger partial charge in [-0.25, -0.2) is 0 Å². The van der Waals surface area contributed by atoms with E-state index in [9.17, 15) is 0 Å². The second-order valence-corrected chi connectivity index (χ2v) is 7.52. The van der Waals surface area contributed by atoms with Crippen LogP contribution in [0.5, 0.6) is 0 Å². The van der Waals surface area contributed by atoms with E-state index in [0.717, 1.165) is 17.1 Å². The first-order valence-corrected chi connectivity index (χ1v) is 10.0. The molecule has 3 N–H and O–H groups in total. The van der Waals surface area contributed by atoms with E-state index in [2.05, 4.69) is 30.9 Å². The van der Waals surface area contributed by atoms with Gasteiger partial charge in [-0.15, -0.1) is 12.4 Å². The number of nitrogens with one attached hydrogen (secondary N) is 3. The number of benzene rings is 3. The van der Waals surface area contributed by atoms with Gasteiger partial charge in [-0.2, -0.15) is 15.0 Å². The number of rotatable bonds is 6. The first kappa shape index (κ1) is 22.9. The molecule has 0 aliphatic rings. The fourth-order valence-electron chi connectivity index (χ4n) is 2.63. The number of anilines is 6. The number of halogens is 4. The summed E-state index contributed by atoms with van der Waals surface area (Å²) in [5, 5.41) is 11.2. The lowest BCUT2D eigenvalue weighted by molar-refractivity contribution is 1.06. The zero-order valence-electron chi connectivity index (χ0n) is 15.8. The van der Waals surface area contributed by atoms with Gasteiger partial charge in [-0.1, -0.05) is 53.0 Å². The molecule has 1 heterocycles. The van der Waals surface area contributed by atoms with Gasteiger partial charge < -0.3 is 16.0 Å². The standard InChI is InChI=1S/C21H15Cl3N6.ClH/c22-13-4-1-7-16(10-13)25-19-28-20(26-17-8-2-5-14(23)11-17)30-21(29-19)27-18-9-3-6-15(24)12-18;/h1-12H,(H3,25,26,27,28,29,30);1H. The molecule has 0 unspecified atom stereocenters. The largest absolute Gasteiger partial charge is 0.324 e. The van der Waals surface area contributed by atoms with Crippen LogP contribution in [-0.4, -0.2) is 15.0 Å². The number of aromatic nitrogens is 3. The lowest BCUT2D eigenvalue weighted by atomic mass is 10.3. The number of nitrogens with zero attached hydrogens (tertiary/aromatic N) is 3. The van der Waals surface area contributed by atoms with Crippen LogP contribution in [0.4, 0.5) is 34.9 Å². The van der Waals surface area contributed by atoms with Gasteiger partial charge in [0.05, 0.1) is 0 Å². The van der Waals surface area contributed by atoms with Crippen molar-refractivity contribution < 1.29 is 0 Å². The van der Waals surface area contributed by atoms with E-state index in [1.54, 1.807) is 36.4 Å². The van der Waals surface area contributed by atoms with Crippen molar-refractivity contribution in [3.05, 3.63) is 87.9 Å². The molecule has 0 spiro atoms. The Morgan fingerprint density at radius 1 is 0.484 bits per heavy atom. The van der Waals surface area contributed by atoms with Crippen molar-refractivity contribution in [2.45, 2.75) is 0 Å². The summed E-state index contributed by atoms with van der Waals surface area (Å²) in [6, 6.07) is 21.8. The molecule has 0 aliphatic carbocycles. The smallest absolute Gasteiger partial charge is 0.233 e. The fraction of sp³-hybridized carbons (Fsp3) is 0. The third-order valence-corrected chi connectivity index (χ3v) is 4.58. The third-order valence-electron chi connectivity index (χ3n) is 3.88. The highest BCUT2D eigenvalue weighted by atomic mass is 35.5. The van der Waals surface area contributed by atoms with E-state index in [0.29, 0.717) is 32.9 Å². The van der Waals surface area contributed by atoms with Gasteiger partial charge in [0.1, 0.15) is 0 Å². The summed E-state index contributed by atoms with van der Waals surface area (Å²) in [7, 11) is 0. The Morgan fingerprint density at radius 3 is 1.03 bits per heavy atom. The molecule has 4 aromatic rings. The maximum atomic E-state index is 6.08. The van der Waals surface area contributed by atoms with Crippen LogP contribution in [0.1, 0.15) is 0 Å². The Labute approximate surface area is 200 Å². The molecule has 0 bridgehead atoms. The summed E-state index contributed by atoms with van der Waals surface area (Å²) < 4.78 is 0. The molecule has 0 saturated heterocycles. The lowest BCUT2D eigenvalue weighted by Crippen LogP contribution is -2.07. The molecule has 0 radical (unpaired) electrons. The molecule has 31 heavy (non-hydrogen) atoms. The van der Waals surface area contributed by atoms with Gasteiger partial charge in [0, 0.05) is 32.1 Å². The molecule has 0 fully saturated rings. The molecule has 0 saturated carbocycles. The molecule has 0 amide bonds. The van der Waals surface area contributed by atoms with Crippen LogP contribution in [0.25, 0.3) is 0 Å². The normalized spacial score (nSPS) is 10.2. The van der Waals surface area contributed by atoms with Gasteiger partial charge in [0.25, 0.3) is 0 Å². The number of hydrogen-bond donors (Lipinski definition) is 3. The zero-order valence-corrected chi connectivity index (χ0v) is 18.9. The SMILES string of the molecule is Cl.Clc1cccc(Nc2nc(Nc3cccc(Cl)c3)nc(Nc3cccc(Cl)c3)n2)c1. The Balaban J connectivity index is 0.00000272. The molecule has 3 aromatic carbocycles. The first-order chi connectivity index (χ1) is 14.5. The predicted molar refractivity (Wildman–Crippen MR) is 131 cm³/mol. The van der Waals surface area contributed by atoms with Gasteiger partial charge in [0.2, 0.25) is 17.8 Å². The summed E-state index contributed by atoms with van der Waals surface area (Å²) in [5.41, 5.74) is 2.24. The Bertz CT molecular complexity index is 1030. The van der Waals surface area contributed by atoms with E-state index >= 15 is 0 Å². The fourth-order valence-corrected chi connectivity index (χ4v) is 3.20. The van der Waals surface area contributed by atoms with Crippen LogP contribution in [0.3, 0.4) is 0 Å². The topological polar surface area (TPSA) is 74.8 Å². The second-order valence-electron chi connectivity index (χ2n) is 6.21. The molecular weight excluding hydrogens is 478 g/mol. The summed E-state index contributed by atoms with van der Waals surface area (Å²) in [5.74, 6) is 1.00. The average Bonchev–Trinajstić information content (AvgIpc) is 2.68. The summed E-state index contributed by atoms with van der Waals surface area (Å²) in [6.45, 7) is 0. The minimum atomic E-state index is 0. The third kappa shape index (κ3) is 6.60. The lowest BCUT2D eigenvalue weighted by Gasteiger charge is -2.12. The molecule has 10 heteroatoms. The van der Waals surface area contributed by atoms with Crippen LogP contribution in [0.15, 0.2) is 72.8 Å². The minimum Gasteiger partial charge on any atom is -0.324 e. The van der Waals surface area contributed by atoms with Gasteiger partial charge >= 0.3 is 0 Å². The van der Waals surface area contributed by atoms with E-state index in [1.807, 2.05) is 36.4 Å². The highest BCUT2D eigenvalue weighted by Gasteiger charge is 2.09. The Kier molecular flexibility index (Phi) is 7.76. The van der Waals surface area contributed by atoms with Gasteiger partial charge in [0.15, 0.2) is 0 Å². The number of hydrogen-bond acceptors (Lipinski definition) is 6. The highest BCUT2D eigenvalue weighted by molar-refractivity contribution is 6.31. The Morgan fingerprint density at radius 2 is 0.774 bits per heavy atom. The quantitative estimate of drug-likeness (QED) is 0.258. The predicted octanol–water partition coefficient (Wildman–Crippen LogP) is 7.48. The van der Waals surface area contributed by atoms with Crippen LogP contribution < -0.4 is 16.0 Å². The minimum absolute atomic E-state index is 0. The van der Waals surface area contributed by atoms with E-state index in [1.165, 1.54) is 0 Å². The van der Waals surface area contributed by atoms with Crippen LogP contribution in [0, 0.1) is 0 Å². The average molecular weight is 494 g/mol. The van der Waals surface area contributed by atoms with E-state index in [4.69, 9.17) is 34.8 Å². The molecule has 4 rings (SSSR count). The van der Waals surface area contributed by atoms with Crippen LogP contribution >= 0.6 is 47.2 Å². The van der Waals surface area contributed by atoms with Gasteiger partial charge in [-0.05, 0) is 54.6 Å². The Hall–Kier alpha value is -2.77. The van der Waals surface area contributed by atoms with Gasteiger partial charge in [-0.3, -0.25) is 0 Å². The monoisotopic (exact) mass is 492 g/mol. The van der Waals surface area contributed by atoms with E-state index < -0.39 is 0 Å². The van der Waals surface area contributed by atoms with Crippen molar-refractivity contribution in [1.29, 1.82) is 0 Å². The molecule has 1 aromatic heterocycles. The molecule has 0 atom stereocenters. The maximum absolute atomic E-state index is 6.08. The maximum Gasteiger partial charge on any atom is 0.233 e. The van der Waals surface area contributed by atoms with Crippen molar-refractivity contribution >= 4 is 82.1 Å². The first-order valence-electron chi connectivity index (χ1n) is 8.87. The van der Waals surface area contributed by atoms with E-state index in [-0.39, 0.29) is 12.4 Å².